The molecule has 4 N–H and O–H groups in total. The summed E-state index contributed by atoms with van der Waals surface area (Å²) >= 11 is 0. The van der Waals surface area contributed by atoms with Gasteiger partial charge in [0.15, 0.2) is 0 Å². The lowest BCUT2D eigenvalue weighted by molar-refractivity contribution is -0.122. The summed E-state index contributed by atoms with van der Waals surface area (Å²) < 4.78 is 0. The fraction of sp³-hybridized carbons (Fsp3) is 0.933. The molecule has 0 heterocycles. The van der Waals surface area contributed by atoms with Crippen LogP contribution in [0.5, 0.6) is 0 Å². The number of rotatable bonds is 9. The van der Waals surface area contributed by atoms with Gasteiger partial charge in [-0.2, -0.15) is 0 Å². The molecule has 2 atom stereocenters. The number of nitrogens with two attached hydrogens (primary N) is 1. The lowest BCUT2D eigenvalue weighted by Crippen LogP contribution is -2.35. The maximum Gasteiger partial charge on any atom is 0.220 e. The Morgan fingerprint density at radius 3 is 2.32 bits per heavy atom. The Balaban J connectivity index is 4.17. The molecule has 1 amide bonds. The molecule has 2 unspecified atom stereocenters. The van der Waals surface area contributed by atoms with E-state index in [1.54, 1.807) is 0 Å². The van der Waals surface area contributed by atoms with Gasteiger partial charge < -0.3 is 16.2 Å². The molecule has 0 rings (SSSR count). The van der Waals surface area contributed by atoms with Crippen molar-refractivity contribution in [1.82, 2.24) is 5.32 Å². The summed E-state index contributed by atoms with van der Waals surface area (Å²) in [4.78, 5) is 11.9. The van der Waals surface area contributed by atoms with E-state index in [0.717, 1.165) is 19.3 Å². The van der Waals surface area contributed by atoms with Crippen molar-refractivity contribution in [2.45, 2.75) is 65.8 Å². The monoisotopic (exact) mass is 272 g/mol. The summed E-state index contributed by atoms with van der Waals surface area (Å²) in [6.45, 7) is 9.42. The Bertz CT molecular complexity index is 249. The first-order chi connectivity index (χ1) is 8.85. The molecule has 0 aliphatic carbocycles. The lowest BCUT2D eigenvalue weighted by Gasteiger charge is -2.30. The van der Waals surface area contributed by atoms with Crippen molar-refractivity contribution in [3.8, 4) is 0 Å². The minimum absolute atomic E-state index is 0.0894. The number of hydrogen-bond donors (Lipinski definition) is 3. The van der Waals surface area contributed by atoms with Crippen LogP contribution in [-0.2, 0) is 4.79 Å². The van der Waals surface area contributed by atoms with E-state index < -0.39 is 0 Å². The second-order valence-corrected chi connectivity index (χ2v) is 6.36. The zero-order valence-electron chi connectivity index (χ0n) is 13.0. The van der Waals surface area contributed by atoms with Crippen LogP contribution in [0, 0.1) is 11.3 Å². The van der Waals surface area contributed by atoms with Gasteiger partial charge in [-0.15, -0.1) is 0 Å². The molecule has 114 valence electrons. The zero-order valence-corrected chi connectivity index (χ0v) is 13.0. The number of aliphatic hydroxyl groups is 1. The number of aliphatic hydroxyl groups excluding tert-OH is 1. The predicted octanol–water partition coefficient (Wildman–Crippen LogP) is 2.05. The summed E-state index contributed by atoms with van der Waals surface area (Å²) in [7, 11) is 0. The Kier molecular flexibility index (Phi) is 9.02. The fourth-order valence-corrected chi connectivity index (χ4v) is 2.35. The molecule has 4 nitrogen and oxygen atoms in total. The minimum atomic E-state index is 0.0894. The number of nitrogens with one attached hydrogen (secondary N) is 1. The van der Waals surface area contributed by atoms with Gasteiger partial charge in [-0.3, -0.25) is 4.79 Å². The van der Waals surface area contributed by atoms with E-state index >= 15 is 0 Å². The average molecular weight is 272 g/mol. The first-order valence-electron chi connectivity index (χ1n) is 7.45. The summed E-state index contributed by atoms with van der Waals surface area (Å²) in [5.41, 5.74) is 5.84. The fourth-order valence-electron chi connectivity index (χ4n) is 2.35. The summed E-state index contributed by atoms with van der Waals surface area (Å²) in [6.07, 6.45) is 3.88. The number of hydrogen-bond acceptors (Lipinski definition) is 3. The van der Waals surface area contributed by atoms with Crippen LogP contribution in [0.25, 0.3) is 0 Å². The third-order valence-corrected chi connectivity index (χ3v) is 3.80. The molecule has 0 aromatic heterocycles. The maximum absolute atomic E-state index is 11.9. The quantitative estimate of drug-likeness (QED) is 0.601. The summed E-state index contributed by atoms with van der Waals surface area (Å²) in [6, 6.07) is 0.0973. The van der Waals surface area contributed by atoms with Crippen molar-refractivity contribution in [2.24, 2.45) is 17.1 Å². The Morgan fingerprint density at radius 2 is 1.89 bits per heavy atom. The molecular weight excluding hydrogens is 240 g/mol. The summed E-state index contributed by atoms with van der Waals surface area (Å²) in [5, 5.41) is 11.9. The molecule has 0 fully saturated rings. The molecule has 0 saturated heterocycles. The van der Waals surface area contributed by atoms with E-state index in [9.17, 15) is 4.79 Å². The Hall–Kier alpha value is -0.610. The Morgan fingerprint density at radius 1 is 1.26 bits per heavy atom. The third-order valence-electron chi connectivity index (χ3n) is 3.80. The van der Waals surface area contributed by atoms with Gasteiger partial charge in [-0.05, 0) is 43.6 Å². The molecule has 0 saturated carbocycles. The van der Waals surface area contributed by atoms with E-state index in [4.69, 9.17) is 10.8 Å². The highest BCUT2D eigenvalue weighted by Gasteiger charge is 2.24. The van der Waals surface area contributed by atoms with Crippen molar-refractivity contribution in [3.05, 3.63) is 0 Å². The highest BCUT2D eigenvalue weighted by Crippen LogP contribution is 2.32. The molecule has 0 aromatic carbocycles. The smallest absolute Gasteiger partial charge is 0.220 e. The van der Waals surface area contributed by atoms with Crippen molar-refractivity contribution >= 4 is 5.91 Å². The van der Waals surface area contributed by atoms with Crippen LogP contribution in [0.1, 0.15) is 59.8 Å². The van der Waals surface area contributed by atoms with Crippen molar-refractivity contribution in [1.29, 1.82) is 0 Å². The van der Waals surface area contributed by atoms with Crippen LogP contribution in [-0.4, -0.2) is 30.2 Å². The topological polar surface area (TPSA) is 75.3 Å². The van der Waals surface area contributed by atoms with Gasteiger partial charge in [-0.25, -0.2) is 0 Å². The molecular formula is C15H32N2O2. The molecule has 0 bridgehead atoms. The standard InChI is InChI=1S/C15H32N2O2/c1-5-13(9-11-18)17-14(19)7-6-12(8-10-16)15(2,3)4/h12-13,18H,5-11,16H2,1-4H3,(H,17,19). The first kappa shape index (κ1) is 18.4. The van der Waals surface area contributed by atoms with Gasteiger partial charge in [0.25, 0.3) is 0 Å². The van der Waals surface area contributed by atoms with Gasteiger partial charge >= 0.3 is 0 Å². The Labute approximate surface area is 118 Å². The molecule has 4 heteroatoms. The van der Waals surface area contributed by atoms with Crippen LogP contribution < -0.4 is 11.1 Å². The minimum Gasteiger partial charge on any atom is -0.396 e. The summed E-state index contributed by atoms with van der Waals surface area (Å²) in [5.74, 6) is 0.563. The lowest BCUT2D eigenvalue weighted by atomic mass is 9.76. The van der Waals surface area contributed by atoms with Crippen molar-refractivity contribution in [2.75, 3.05) is 13.2 Å². The molecule has 0 spiro atoms. The van der Waals surface area contributed by atoms with E-state index in [-0.39, 0.29) is 24.0 Å². The van der Waals surface area contributed by atoms with Gasteiger partial charge in [-0.1, -0.05) is 27.7 Å². The normalized spacial score (nSPS) is 15.1. The van der Waals surface area contributed by atoms with Crippen LogP contribution >= 0.6 is 0 Å². The number of amides is 1. The largest absolute Gasteiger partial charge is 0.396 e. The third kappa shape index (κ3) is 8.22. The predicted molar refractivity (Wildman–Crippen MR) is 79.8 cm³/mol. The second-order valence-electron chi connectivity index (χ2n) is 6.36. The molecule has 19 heavy (non-hydrogen) atoms. The second kappa shape index (κ2) is 9.32. The van der Waals surface area contributed by atoms with Gasteiger partial charge in [0.2, 0.25) is 5.91 Å². The van der Waals surface area contributed by atoms with E-state index in [2.05, 4.69) is 26.1 Å². The van der Waals surface area contributed by atoms with E-state index in [0.29, 0.717) is 25.3 Å². The van der Waals surface area contributed by atoms with Crippen LogP contribution in [0.2, 0.25) is 0 Å². The SMILES string of the molecule is CCC(CCO)NC(=O)CCC(CCN)C(C)(C)C. The van der Waals surface area contributed by atoms with E-state index in [1.165, 1.54) is 0 Å². The van der Waals surface area contributed by atoms with E-state index in [1.807, 2.05) is 6.92 Å². The average Bonchev–Trinajstić information content (AvgIpc) is 2.32. The highest BCUT2D eigenvalue weighted by atomic mass is 16.3. The van der Waals surface area contributed by atoms with Crippen LogP contribution in [0.3, 0.4) is 0 Å². The molecule has 0 aliphatic heterocycles. The van der Waals surface area contributed by atoms with Crippen LogP contribution in [0.4, 0.5) is 0 Å². The molecule has 0 aliphatic rings. The van der Waals surface area contributed by atoms with Crippen molar-refractivity contribution in [3.63, 3.8) is 0 Å². The number of carbonyl (C=O) groups excluding carboxylic acids is 1. The van der Waals surface area contributed by atoms with Crippen molar-refractivity contribution < 1.29 is 9.90 Å². The first-order valence-corrected chi connectivity index (χ1v) is 7.45. The highest BCUT2D eigenvalue weighted by molar-refractivity contribution is 5.76. The molecule has 0 aromatic rings. The molecule has 0 radical (unpaired) electrons. The van der Waals surface area contributed by atoms with Gasteiger partial charge in [0.05, 0.1) is 0 Å². The zero-order chi connectivity index (χ0) is 14.9. The van der Waals surface area contributed by atoms with Crippen LogP contribution in [0.15, 0.2) is 0 Å². The van der Waals surface area contributed by atoms with Gasteiger partial charge in [0, 0.05) is 19.1 Å². The van der Waals surface area contributed by atoms with Gasteiger partial charge in [0.1, 0.15) is 0 Å². The maximum atomic E-state index is 11.9. The number of carbonyl (C=O) groups is 1.